The number of halogens is 2. The largest absolute Gasteiger partial charge is 0.435 e. The average molecular weight is 271 g/mol. The van der Waals surface area contributed by atoms with Crippen LogP contribution in [0, 0.1) is 0 Å². The third-order valence-electron chi connectivity index (χ3n) is 2.99. The summed E-state index contributed by atoms with van der Waals surface area (Å²) < 4.78 is 28.1. The Bertz CT molecular complexity index is 430. The molecule has 0 saturated heterocycles. The molecule has 0 spiro atoms. The van der Waals surface area contributed by atoms with Crippen LogP contribution >= 0.6 is 0 Å². The molecule has 0 unspecified atom stereocenters. The van der Waals surface area contributed by atoms with Crippen molar-refractivity contribution in [1.82, 2.24) is 5.32 Å². The molecule has 1 fully saturated rings. The van der Waals surface area contributed by atoms with Crippen molar-refractivity contribution in [2.24, 2.45) is 0 Å². The van der Waals surface area contributed by atoms with E-state index < -0.39 is 6.61 Å². The minimum atomic E-state index is -2.85. The van der Waals surface area contributed by atoms with Crippen LogP contribution in [0.25, 0.3) is 0 Å². The van der Waals surface area contributed by atoms with Crippen LogP contribution in [-0.2, 0) is 11.2 Å². The van der Waals surface area contributed by atoms with Gasteiger partial charge in [-0.25, -0.2) is 0 Å². The first-order valence-corrected chi connectivity index (χ1v) is 6.04. The summed E-state index contributed by atoms with van der Waals surface area (Å²) in [5.74, 6) is -0.0688. The molecule has 1 amide bonds. The number of amides is 1. The maximum atomic E-state index is 11.9. The topological polar surface area (TPSA) is 58.6 Å². The van der Waals surface area contributed by atoms with Crippen LogP contribution in [0.3, 0.4) is 0 Å². The molecule has 0 aliphatic heterocycles. The second-order valence-corrected chi connectivity index (χ2v) is 4.59. The predicted molar refractivity (Wildman–Crippen MR) is 63.9 cm³/mol. The minimum absolute atomic E-state index is 0.0453. The summed E-state index contributed by atoms with van der Waals surface area (Å²) >= 11 is 0. The smallest absolute Gasteiger partial charge is 0.387 e. The minimum Gasteiger partial charge on any atom is -0.435 e. The summed E-state index contributed by atoms with van der Waals surface area (Å²) in [6.07, 6.45) is 1.05. The summed E-state index contributed by atoms with van der Waals surface area (Å²) in [5.41, 5.74) is 0.721. The van der Waals surface area contributed by atoms with Gasteiger partial charge >= 0.3 is 6.61 Å². The number of carbonyl (C=O) groups is 1. The van der Waals surface area contributed by atoms with Gasteiger partial charge in [-0.05, 0) is 30.5 Å². The van der Waals surface area contributed by atoms with Crippen molar-refractivity contribution < 1.29 is 23.4 Å². The van der Waals surface area contributed by atoms with E-state index in [-0.39, 0.29) is 30.2 Å². The van der Waals surface area contributed by atoms with Crippen LogP contribution in [0.5, 0.6) is 5.75 Å². The molecule has 4 nitrogen and oxygen atoms in total. The van der Waals surface area contributed by atoms with E-state index in [0.29, 0.717) is 12.8 Å². The maximum absolute atomic E-state index is 11.9. The monoisotopic (exact) mass is 271 g/mol. The van der Waals surface area contributed by atoms with Gasteiger partial charge in [0.05, 0.1) is 12.5 Å². The van der Waals surface area contributed by atoms with Crippen LogP contribution in [0.2, 0.25) is 0 Å². The lowest BCUT2D eigenvalue weighted by Crippen LogP contribution is -2.47. The van der Waals surface area contributed by atoms with Gasteiger partial charge in [0, 0.05) is 6.04 Å². The van der Waals surface area contributed by atoms with Gasteiger partial charge in [-0.1, -0.05) is 12.1 Å². The lowest BCUT2D eigenvalue weighted by atomic mass is 9.89. The quantitative estimate of drug-likeness (QED) is 0.852. The number of hydrogen-bond acceptors (Lipinski definition) is 3. The Balaban J connectivity index is 1.80. The number of hydrogen-bond donors (Lipinski definition) is 2. The van der Waals surface area contributed by atoms with E-state index >= 15 is 0 Å². The third-order valence-corrected chi connectivity index (χ3v) is 2.99. The highest BCUT2D eigenvalue weighted by molar-refractivity contribution is 5.79. The molecule has 1 aliphatic carbocycles. The zero-order chi connectivity index (χ0) is 13.8. The summed E-state index contributed by atoms with van der Waals surface area (Å²) in [7, 11) is 0. The van der Waals surface area contributed by atoms with Crippen molar-refractivity contribution >= 4 is 5.91 Å². The average Bonchev–Trinajstić information content (AvgIpc) is 2.29. The van der Waals surface area contributed by atoms with E-state index in [0.717, 1.165) is 5.56 Å². The molecule has 1 saturated carbocycles. The molecule has 1 aliphatic rings. The van der Waals surface area contributed by atoms with Gasteiger partial charge in [0.1, 0.15) is 5.75 Å². The fourth-order valence-corrected chi connectivity index (χ4v) is 1.96. The van der Waals surface area contributed by atoms with Crippen molar-refractivity contribution in [2.75, 3.05) is 0 Å². The molecular formula is C13H15F2NO3. The fraction of sp³-hybridized carbons (Fsp3) is 0.462. The van der Waals surface area contributed by atoms with Crippen molar-refractivity contribution in [3.05, 3.63) is 29.8 Å². The molecule has 2 N–H and O–H groups in total. The van der Waals surface area contributed by atoms with Crippen LogP contribution < -0.4 is 10.1 Å². The Hall–Kier alpha value is -1.69. The highest BCUT2D eigenvalue weighted by Gasteiger charge is 2.28. The zero-order valence-electron chi connectivity index (χ0n) is 10.2. The van der Waals surface area contributed by atoms with Gasteiger partial charge < -0.3 is 15.2 Å². The molecule has 0 atom stereocenters. The molecule has 6 heteroatoms. The van der Waals surface area contributed by atoms with E-state index in [2.05, 4.69) is 10.1 Å². The Morgan fingerprint density at radius 1 is 1.37 bits per heavy atom. The predicted octanol–water partition coefficient (Wildman–Crippen LogP) is 1.47. The number of nitrogens with one attached hydrogen (secondary N) is 1. The van der Waals surface area contributed by atoms with Crippen LogP contribution in [0.1, 0.15) is 18.4 Å². The van der Waals surface area contributed by atoms with Crippen molar-refractivity contribution in [1.29, 1.82) is 0 Å². The Morgan fingerprint density at radius 3 is 2.53 bits per heavy atom. The third kappa shape index (κ3) is 4.17. The molecule has 0 heterocycles. The van der Waals surface area contributed by atoms with Gasteiger partial charge in [-0.2, -0.15) is 8.78 Å². The zero-order valence-corrected chi connectivity index (χ0v) is 10.2. The van der Waals surface area contributed by atoms with E-state index in [1.165, 1.54) is 12.1 Å². The summed E-state index contributed by atoms with van der Waals surface area (Å²) in [6, 6.07) is 6.01. The highest BCUT2D eigenvalue weighted by Crippen LogP contribution is 2.19. The lowest BCUT2D eigenvalue weighted by Gasteiger charge is -2.31. The summed E-state index contributed by atoms with van der Waals surface area (Å²) in [6.45, 7) is -2.85. The second kappa shape index (κ2) is 5.97. The van der Waals surface area contributed by atoms with E-state index in [4.69, 9.17) is 5.11 Å². The summed E-state index contributed by atoms with van der Waals surface area (Å²) in [4.78, 5) is 11.6. The normalized spacial score (nSPS) is 21.9. The van der Waals surface area contributed by atoms with Crippen LogP contribution in [0.4, 0.5) is 8.78 Å². The van der Waals surface area contributed by atoms with Gasteiger partial charge in [-0.3, -0.25) is 4.79 Å². The Labute approximate surface area is 109 Å². The van der Waals surface area contributed by atoms with E-state index in [9.17, 15) is 13.6 Å². The first kappa shape index (κ1) is 13.7. The molecule has 2 rings (SSSR count). The van der Waals surface area contributed by atoms with Crippen LogP contribution in [0.15, 0.2) is 24.3 Å². The van der Waals surface area contributed by atoms with Gasteiger partial charge in [-0.15, -0.1) is 0 Å². The van der Waals surface area contributed by atoms with Crippen molar-refractivity contribution in [3.63, 3.8) is 0 Å². The fourth-order valence-electron chi connectivity index (χ4n) is 1.96. The number of benzene rings is 1. The molecule has 0 bridgehead atoms. The summed E-state index contributed by atoms with van der Waals surface area (Å²) in [5, 5.41) is 11.9. The van der Waals surface area contributed by atoms with Crippen LogP contribution in [-0.4, -0.2) is 29.8 Å². The highest BCUT2D eigenvalue weighted by atomic mass is 19.3. The number of aliphatic hydroxyl groups excluding tert-OH is 1. The molecule has 1 aromatic carbocycles. The number of aliphatic hydroxyl groups is 1. The number of rotatable bonds is 5. The number of ether oxygens (including phenoxy) is 1. The molecule has 0 aromatic heterocycles. The molecule has 1 aromatic rings. The van der Waals surface area contributed by atoms with Gasteiger partial charge in [0.25, 0.3) is 0 Å². The Morgan fingerprint density at radius 2 is 2.00 bits per heavy atom. The molecule has 0 radical (unpaired) electrons. The SMILES string of the molecule is O=C(Cc1ccc(OC(F)F)cc1)NC1CC(O)C1. The molecular weight excluding hydrogens is 256 g/mol. The van der Waals surface area contributed by atoms with Crippen molar-refractivity contribution in [3.8, 4) is 5.75 Å². The van der Waals surface area contributed by atoms with E-state index in [1.54, 1.807) is 12.1 Å². The van der Waals surface area contributed by atoms with Gasteiger partial charge in [0.15, 0.2) is 0 Å². The maximum Gasteiger partial charge on any atom is 0.387 e. The van der Waals surface area contributed by atoms with Crippen molar-refractivity contribution in [2.45, 2.75) is 38.0 Å². The standard InChI is InChI=1S/C13H15F2NO3/c14-13(15)19-11-3-1-8(2-4-11)5-12(18)16-9-6-10(17)7-9/h1-4,9-10,13,17H,5-7H2,(H,16,18). The van der Waals surface area contributed by atoms with Gasteiger partial charge in [0.2, 0.25) is 5.91 Å². The van der Waals surface area contributed by atoms with E-state index in [1.807, 2.05) is 0 Å². The molecule has 19 heavy (non-hydrogen) atoms. The first-order chi connectivity index (χ1) is 9.02. The number of alkyl halides is 2. The second-order valence-electron chi connectivity index (χ2n) is 4.59. The lowest BCUT2D eigenvalue weighted by molar-refractivity contribution is -0.122. The Kier molecular flexibility index (Phi) is 4.31. The number of carbonyl (C=O) groups excluding carboxylic acids is 1. The first-order valence-electron chi connectivity index (χ1n) is 6.04. The molecule has 104 valence electrons.